The Balaban J connectivity index is 2.18. The Morgan fingerprint density at radius 3 is 2.27 bits per heavy atom. The van der Waals surface area contributed by atoms with E-state index in [-0.39, 0.29) is 11.7 Å². The van der Waals surface area contributed by atoms with E-state index in [4.69, 9.17) is 4.74 Å². The first-order chi connectivity index (χ1) is 10.3. The summed E-state index contributed by atoms with van der Waals surface area (Å²) in [5.41, 5.74) is 1.03. The van der Waals surface area contributed by atoms with Crippen LogP contribution in [0.2, 0.25) is 0 Å². The SMILES string of the molecule is COC(=O)c1ccc(-c2nc(C(=O)OC(C)(C)C)cs2)cc1. The highest BCUT2D eigenvalue weighted by Crippen LogP contribution is 2.25. The van der Waals surface area contributed by atoms with Crippen LogP contribution in [0.5, 0.6) is 0 Å². The maximum absolute atomic E-state index is 11.9. The number of thiazole rings is 1. The van der Waals surface area contributed by atoms with E-state index in [1.165, 1.54) is 18.4 Å². The molecule has 0 bridgehead atoms. The molecular formula is C16H17NO4S. The summed E-state index contributed by atoms with van der Waals surface area (Å²) in [5, 5.41) is 2.36. The molecule has 0 N–H and O–H groups in total. The highest BCUT2D eigenvalue weighted by molar-refractivity contribution is 7.13. The van der Waals surface area contributed by atoms with Gasteiger partial charge in [0.05, 0.1) is 12.7 Å². The monoisotopic (exact) mass is 319 g/mol. The van der Waals surface area contributed by atoms with Gasteiger partial charge in [0, 0.05) is 10.9 Å². The van der Waals surface area contributed by atoms with Gasteiger partial charge in [0.1, 0.15) is 10.6 Å². The zero-order valence-electron chi connectivity index (χ0n) is 12.9. The topological polar surface area (TPSA) is 65.5 Å². The third-order valence-corrected chi connectivity index (χ3v) is 3.56. The average Bonchev–Trinajstić information content (AvgIpc) is 2.95. The number of hydrogen-bond acceptors (Lipinski definition) is 6. The van der Waals surface area contributed by atoms with E-state index >= 15 is 0 Å². The fourth-order valence-electron chi connectivity index (χ4n) is 1.70. The molecule has 2 aromatic rings. The molecule has 0 fully saturated rings. The van der Waals surface area contributed by atoms with Crippen LogP contribution in [0.3, 0.4) is 0 Å². The zero-order chi connectivity index (χ0) is 16.3. The summed E-state index contributed by atoms with van der Waals surface area (Å²) in [6, 6.07) is 6.86. The van der Waals surface area contributed by atoms with Crippen LogP contribution in [0, 0.1) is 0 Å². The molecule has 0 radical (unpaired) electrons. The van der Waals surface area contributed by atoms with Crippen LogP contribution >= 0.6 is 11.3 Å². The van der Waals surface area contributed by atoms with Crippen molar-refractivity contribution in [3.05, 3.63) is 40.9 Å². The highest BCUT2D eigenvalue weighted by atomic mass is 32.1. The normalized spacial score (nSPS) is 11.1. The molecule has 0 aliphatic carbocycles. The Morgan fingerprint density at radius 2 is 1.73 bits per heavy atom. The van der Waals surface area contributed by atoms with Crippen molar-refractivity contribution in [2.75, 3.05) is 7.11 Å². The molecule has 0 amide bonds. The minimum atomic E-state index is -0.553. The minimum Gasteiger partial charge on any atom is -0.465 e. The van der Waals surface area contributed by atoms with Gasteiger partial charge in [-0.3, -0.25) is 0 Å². The van der Waals surface area contributed by atoms with Gasteiger partial charge in [0.25, 0.3) is 0 Å². The van der Waals surface area contributed by atoms with Crippen LogP contribution < -0.4 is 0 Å². The molecule has 0 atom stereocenters. The van der Waals surface area contributed by atoms with E-state index in [1.54, 1.807) is 29.6 Å². The molecular weight excluding hydrogens is 302 g/mol. The van der Waals surface area contributed by atoms with E-state index in [9.17, 15) is 9.59 Å². The third-order valence-electron chi connectivity index (χ3n) is 2.67. The number of carbonyl (C=O) groups excluding carboxylic acids is 2. The zero-order valence-corrected chi connectivity index (χ0v) is 13.7. The largest absolute Gasteiger partial charge is 0.465 e. The van der Waals surface area contributed by atoms with E-state index in [0.29, 0.717) is 10.6 Å². The number of ether oxygens (including phenoxy) is 2. The Kier molecular flexibility index (Phi) is 4.61. The van der Waals surface area contributed by atoms with Gasteiger partial charge in [0.2, 0.25) is 0 Å². The average molecular weight is 319 g/mol. The van der Waals surface area contributed by atoms with Gasteiger partial charge in [-0.1, -0.05) is 12.1 Å². The number of nitrogens with zero attached hydrogens (tertiary/aromatic N) is 1. The van der Waals surface area contributed by atoms with Gasteiger partial charge in [-0.15, -0.1) is 11.3 Å². The fourth-order valence-corrected chi connectivity index (χ4v) is 2.49. The maximum atomic E-state index is 11.9. The number of benzene rings is 1. The van der Waals surface area contributed by atoms with Gasteiger partial charge in [-0.2, -0.15) is 0 Å². The lowest BCUT2D eigenvalue weighted by Gasteiger charge is -2.18. The summed E-state index contributed by atoms with van der Waals surface area (Å²) in [6.07, 6.45) is 0. The quantitative estimate of drug-likeness (QED) is 0.809. The Labute approximate surface area is 132 Å². The molecule has 0 unspecified atom stereocenters. The lowest BCUT2D eigenvalue weighted by atomic mass is 10.1. The van der Waals surface area contributed by atoms with Crippen molar-refractivity contribution in [3.8, 4) is 10.6 Å². The van der Waals surface area contributed by atoms with E-state index in [0.717, 1.165) is 5.56 Å². The lowest BCUT2D eigenvalue weighted by Crippen LogP contribution is -2.24. The predicted molar refractivity (Wildman–Crippen MR) is 84.1 cm³/mol. The smallest absolute Gasteiger partial charge is 0.358 e. The minimum absolute atomic E-state index is 0.284. The van der Waals surface area contributed by atoms with Gasteiger partial charge in [0.15, 0.2) is 5.69 Å². The Hall–Kier alpha value is -2.21. The maximum Gasteiger partial charge on any atom is 0.358 e. The molecule has 2 rings (SSSR count). The van der Waals surface area contributed by atoms with Crippen LogP contribution in [-0.4, -0.2) is 29.6 Å². The predicted octanol–water partition coefficient (Wildman–Crippen LogP) is 3.55. The highest BCUT2D eigenvalue weighted by Gasteiger charge is 2.20. The summed E-state index contributed by atoms with van der Waals surface area (Å²) >= 11 is 1.35. The number of hydrogen-bond donors (Lipinski definition) is 0. The van der Waals surface area contributed by atoms with Crippen molar-refractivity contribution in [2.24, 2.45) is 0 Å². The van der Waals surface area contributed by atoms with Crippen LogP contribution in [0.25, 0.3) is 10.6 Å². The second-order valence-corrected chi connectivity index (χ2v) is 6.47. The lowest BCUT2D eigenvalue weighted by molar-refractivity contribution is 0.00636. The molecule has 22 heavy (non-hydrogen) atoms. The van der Waals surface area contributed by atoms with E-state index < -0.39 is 11.6 Å². The number of methoxy groups -OCH3 is 1. The van der Waals surface area contributed by atoms with Crippen molar-refractivity contribution < 1.29 is 19.1 Å². The molecule has 6 heteroatoms. The summed E-state index contributed by atoms with van der Waals surface area (Å²) < 4.78 is 9.93. The summed E-state index contributed by atoms with van der Waals surface area (Å²) in [6.45, 7) is 5.43. The Morgan fingerprint density at radius 1 is 1.09 bits per heavy atom. The number of aromatic nitrogens is 1. The third kappa shape index (κ3) is 3.92. The fraction of sp³-hybridized carbons (Fsp3) is 0.312. The van der Waals surface area contributed by atoms with E-state index in [2.05, 4.69) is 9.72 Å². The van der Waals surface area contributed by atoms with Crippen molar-refractivity contribution >= 4 is 23.3 Å². The van der Waals surface area contributed by atoms with Crippen molar-refractivity contribution in [3.63, 3.8) is 0 Å². The molecule has 1 aromatic heterocycles. The second-order valence-electron chi connectivity index (χ2n) is 5.61. The molecule has 0 saturated carbocycles. The standard InChI is InChI=1S/C16H17NO4S/c1-16(2,3)21-15(19)12-9-22-13(17-12)10-5-7-11(8-6-10)14(18)20-4/h5-9H,1-4H3. The first-order valence-corrected chi connectivity index (χ1v) is 7.56. The molecule has 0 spiro atoms. The van der Waals surface area contributed by atoms with Crippen molar-refractivity contribution in [1.82, 2.24) is 4.98 Å². The molecule has 0 saturated heterocycles. The first-order valence-electron chi connectivity index (χ1n) is 6.68. The molecule has 0 aliphatic heterocycles. The van der Waals surface area contributed by atoms with Crippen molar-refractivity contribution in [1.29, 1.82) is 0 Å². The summed E-state index contributed by atoms with van der Waals surface area (Å²) in [4.78, 5) is 27.6. The molecule has 116 valence electrons. The molecule has 5 nitrogen and oxygen atoms in total. The second kappa shape index (κ2) is 6.27. The summed E-state index contributed by atoms with van der Waals surface area (Å²) in [5.74, 6) is -0.832. The van der Waals surface area contributed by atoms with Gasteiger partial charge >= 0.3 is 11.9 Å². The van der Waals surface area contributed by atoms with Gasteiger partial charge < -0.3 is 9.47 Å². The first kappa shape index (κ1) is 16.2. The summed E-state index contributed by atoms with van der Waals surface area (Å²) in [7, 11) is 1.34. The van der Waals surface area contributed by atoms with Gasteiger partial charge in [-0.05, 0) is 32.9 Å². The van der Waals surface area contributed by atoms with Crippen LogP contribution in [0.4, 0.5) is 0 Å². The molecule has 1 heterocycles. The van der Waals surface area contributed by atoms with E-state index in [1.807, 2.05) is 20.8 Å². The molecule has 1 aromatic carbocycles. The number of esters is 2. The Bertz CT molecular complexity index is 683. The molecule has 0 aliphatic rings. The van der Waals surface area contributed by atoms with Crippen LogP contribution in [0.15, 0.2) is 29.6 Å². The van der Waals surface area contributed by atoms with Gasteiger partial charge in [-0.25, -0.2) is 14.6 Å². The van der Waals surface area contributed by atoms with Crippen LogP contribution in [-0.2, 0) is 9.47 Å². The van der Waals surface area contributed by atoms with Crippen molar-refractivity contribution in [2.45, 2.75) is 26.4 Å². The number of carbonyl (C=O) groups is 2. The number of rotatable bonds is 3. The van der Waals surface area contributed by atoms with Crippen LogP contribution in [0.1, 0.15) is 41.6 Å².